The molecule has 0 radical (unpaired) electrons. The van der Waals surface area contributed by atoms with Crippen LogP contribution in [0, 0.1) is 5.92 Å². The third-order valence-electron chi connectivity index (χ3n) is 4.31. The molecule has 1 unspecified atom stereocenters. The molecule has 0 fully saturated rings. The molecule has 132 valence electrons. The number of carbonyl (C=O) groups excluding carboxylic acids is 2. The lowest BCUT2D eigenvalue weighted by atomic mass is 9.88. The van der Waals surface area contributed by atoms with Crippen LogP contribution < -0.4 is 5.32 Å². The Morgan fingerprint density at radius 2 is 2.20 bits per heavy atom. The van der Waals surface area contributed by atoms with Gasteiger partial charge >= 0.3 is 5.97 Å². The molecule has 0 saturated heterocycles. The van der Waals surface area contributed by atoms with Gasteiger partial charge in [-0.1, -0.05) is 28.9 Å². The molecule has 25 heavy (non-hydrogen) atoms. The lowest BCUT2D eigenvalue weighted by Crippen LogP contribution is -2.16. The van der Waals surface area contributed by atoms with Gasteiger partial charge in [-0.25, -0.2) is 4.79 Å². The molecule has 0 saturated carbocycles. The van der Waals surface area contributed by atoms with E-state index in [1.165, 1.54) is 16.2 Å². The Hall–Kier alpha value is -1.66. The monoisotopic (exact) mass is 421 g/mol. The van der Waals surface area contributed by atoms with Gasteiger partial charge in [-0.05, 0) is 55.9 Å². The minimum Gasteiger partial charge on any atom is -0.462 e. The van der Waals surface area contributed by atoms with E-state index in [4.69, 9.17) is 4.74 Å². The number of benzene rings is 1. The second-order valence-electron chi connectivity index (χ2n) is 6.24. The SMILES string of the molecule is CCOC(=O)c1c(NC(=O)c2cccc(Br)c2)sc2c1CCC(C)C2. The molecule has 1 amide bonds. The quantitative estimate of drug-likeness (QED) is 0.701. The topological polar surface area (TPSA) is 55.4 Å². The standard InChI is InChI=1S/C19H20BrNO3S/c1-3-24-19(23)16-14-8-7-11(2)9-15(14)25-18(16)21-17(22)12-5-4-6-13(20)10-12/h4-6,10-11H,3,7-9H2,1-2H3,(H,21,22). The fourth-order valence-electron chi connectivity index (χ4n) is 3.06. The molecule has 4 nitrogen and oxygen atoms in total. The number of thiophene rings is 1. The van der Waals surface area contributed by atoms with E-state index < -0.39 is 0 Å². The van der Waals surface area contributed by atoms with Crippen molar-refractivity contribution < 1.29 is 14.3 Å². The number of esters is 1. The average Bonchev–Trinajstić information content (AvgIpc) is 2.91. The summed E-state index contributed by atoms with van der Waals surface area (Å²) in [7, 11) is 0. The summed E-state index contributed by atoms with van der Waals surface area (Å²) in [6.45, 7) is 4.32. The van der Waals surface area contributed by atoms with Gasteiger partial charge in [0.1, 0.15) is 5.00 Å². The number of rotatable bonds is 4. The predicted octanol–water partition coefficient (Wildman–Crippen LogP) is 5.06. The zero-order valence-electron chi connectivity index (χ0n) is 14.2. The first-order chi connectivity index (χ1) is 12.0. The molecule has 0 bridgehead atoms. The van der Waals surface area contributed by atoms with E-state index in [1.807, 2.05) is 12.1 Å². The molecule has 2 aromatic rings. The Morgan fingerprint density at radius 1 is 1.40 bits per heavy atom. The van der Waals surface area contributed by atoms with Crippen LogP contribution in [0.3, 0.4) is 0 Å². The van der Waals surface area contributed by atoms with Crippen LogP contribution in [0.25, 0.3) is 0 Å². The number of ether oxygens (including phenoxy) is 1. The van der Waals surface area contributed by atoms with Crippen LogP contribution in [0.15, 0.2) is 28.7 Å². The molecule has 1 aromatic heterocycles. The minimum atomic E-state index is -0.348. The third-order valence-corrected chi connectivity index (χ3v) is 5.97. The largest absolute Gasteiger partial charge is 0.462 e. The smallest absolute Gasteiger partial charge is 0.341 e. The van der Waals surface area contributed by atoms with Crippen LogP contribution in [0.1, 0.15) is 51.4 Å². The lowest BCUT2D eigenvalue weighted by molar-refractivity contribution is 0.0526. The van der Waals surface area contributed by atoms with Crippen molar-refractivity contribution in [1.29, 1.82) is 0 Å². The summed E-state index contributed by atoms with van der Waals surface area (Å²) in [6.07, 6.45) is 2.85. The molecule has 1 aliphatic carbocycles. The van der Waals surface area contributed by atoms with Gasteiger partial charge in [-0.3, -0.25) is 4.79 Å². The van der Waals surface area contributed by atoms with Crippen LogP contribution in [-0.2, 0) is 17.6 Å². The summed E-state index contributed by atoms with van der Waals surface area (Å²) in [5.74, 6) is 0.0208. The van der Waals surface area contributed by atoms with Crippen LogP contribution in [0.5, 0.6) is 0 Å². The third kappa shape index (κ3) is 3.96. The number of carbonyl (C=O) groups is 2. The predicted molar refractivity (Wildman–Crippen MR) is 104 cm³/mol. The lowest BCUT2D eigenvalue weighted by Gasteiger charge is -2.18. The zero-order valence-corrected chi connectivity index (χ0v) is 16.6. The van der Waals surface area contributed by atoms with E-state index in [2.05, 4.69) is 28.2 Å². The summed E-state index contributed by atoms with van der Waals surface area (Å²) < 4.78 is 6.07. The van der Waals surface area contributed by atoms with E-state index in [9.17, 15) is 9.59 Å². The van der Waals surface area contributed by atoms with Gasteiger partial charge in [0.15, 0.2) is 0 Å². The number of halogens is 1. The first kappa shape index (κ1) is 18.1. The van der Waals surface area contributed by atoms with E-state index in [0.717, 1.165) is 29.3 Å². The molecule has 1 heterocycles. The second-order valence-corrected chi connectivity index (χ2v) is 8.26. The molecule has 1 aliphatic rings. The maximum Gasteiger partial charge on any atom is 0.341 e. The molecule has 3 rings (SSSR count). The van der Waals surface area contributed by atoms with Gasteiger partial charge in [-0.2, -0.15) is 0 Å². The van der Waals surface area contributed by atoms with E-state index >= 15 is 0 Å². The van der Waals surface area contributed by atoms with Crippen LogP contribution in [-0.4, -0.2) is 18.5 Å². The van der Waals surface area contributed by atoms with Gasteiger partial charge in [0.25, 0.3) is 5.91 Å². The fraction of sp³-hybridized carbons (Fsp3) is 0.368. The highest BCUT2D eigenvalue weighted by Crippen LogP contribution is 2.40. The molecule has 1 N–H and O–H groups in total. The fourth-order valence-corrected chi connectivity index (χ4v) is 4.86. The first-order valence-corrected chi connectivity index (χ1v) is 9.99. The molecule has 1 atom stereocenters. The van der Waals surface area contributed by atoms with Crippen molar-refractivity contribution >= 4 is 44.1 Å². The van der Waals surface area contributed by atoms with Crippen molar-refractivity contribution in [3.8, 4) is 0 Å². The van der Waals surface area contributed by atoms with Gasteiger partial charge in [0, 0.05) is 14.9 Å². The highest BCUT2D eigenvalue weighted by Gasteiger charge is 2.29. The normalized spacial score (nSPS) is 16.2. The van der Waals surface area contributed by atoms with Crippen molar-refractivity contribution in [2.24, 2.45) is 5.92 Å². The minimum absolute atomic E-state index is 0.224. The Morgan fingerprint density at radius 3 is 2.92 bits per heavy atom. The first-order valence-electron chi connectivity index (χ1n) is 8.38. The Labute approximate surface area is 159 Å². The molecular weight excluding hydrogens is 402 g/mol. The number of hydrogen-bond acceptors (Lipinski definition) is 4. The number of amides is 1. The van der Waals surface area contributed by atoms with Crippen LogP contribution in [0.2, 0.25) is 0 Å². The van der Waals surface area contributed by atoms with Gasteiger partial charge < -0.3 is 10.1 Å². The summed E-state index contributed by atoms with van der Waals surface area (Å²) in [6, 6.07) is 7.19. The van der Waals surface area contributed by atoms with E-state index in [1.54, 1.807) is 19.1 Å². The van der Waals surface area contributed by atoms with Crippen molar-refractivity contribution in [2.75, 3.05) is 11.9 Å². The molecular formula is C19H20BrNO3S. The van der Waals surface area contributed by atoms with Crippen molar-refractivity contribution in [3.63, 3.8) is 0 Å². The Kier molecular flexibility index (Phi) is 5.59. The highest BCUT2D eigenvalue weighted by molar-refractivity contribution is 9.10. The molecule has 1 aromatic carbocycles. The number of hydrogen-bond donors (Lipinski definition) is 1. The number of anilines is 1. The van der Waals surface area contributed by atoms with Crippen molar-refractivity contribution in [3.05, 3.63) is 50.3 Å². The number of nitrogens with one attached hydrogen (secondary N) is 1. The van der Waals surface area contributed by atoms with Gasteiger partial charge in [0.05, 0.1) is 12.2 Å². The van der Waals surface area contributed by atoms with Crippen molar-refractivity contribution in [2.45, 2.75) is 33.1 Å². The van der Waals surface area contributed by atoms with Crippen LogP contribution in [0.4, 0.5) is 5.00 Å². The summed E-state index contributed by atoms with van der Waals surface area (Å²) in [5, 5.41) is 3.52. The van der Waals surface area contributed by atoms with E-state index in [-0.39, 0.29) is 11.9 Å². The average molecular weight is 422 g/mol. The Bertz CT molecular complexity index is 815. The maximum absolute atomic E-state index is 12.6. The summed E-state index contributed by atoms with van der Waals surface area (Å²) in [4.78, 5) is 26.3. The maximum atomic E-state index is 12.6. The highest BCUT2D eigenvalue weighted by atomic mass is 79.9. The second kappa shape index (κ2) is 7.70. The zero-order chi connectivity index (χ0) is 18.0. The Balaban J connectivity index is 1.94. The summed E-state index contributed by atoms with van der Waals surface area (Å²) in [5.41, 5.74) is 2.13. The van der Waals surface area contributed by atoms with Crippen molar-refractivity contribution in [1.82, 2.24) is 0 Å². The molecule has 6 heteroatoms. The van der Waals surface area contributed by atoms with Gasteiger partial charge in [0.2, 0.25) is 0 Å². The van der Waals surface area contributed by atoms with E-state index in [0.29, 0.717) is 28.7 Å². The summed E-state index contributed by atoms with van der Waals surface area (Å²) >= 11 is 4.88. The molecule has 0 aliphatic heterocycles. The van der Waals surface area contributed by atoms with Crippen LogP contribution >= 0.6 is 27.3 Å². The van der Waals surface area contributed by atoms with Gasteiger partial charge in [-0.15, -0.1) is 11.3 Å². The number of fused-ring (bicyclic) bond motifs is 1. The molecule has 0 spiro atoms.